The highest BCUT2D eigenvalue weighted by Crippen LogP contribution is 2.36. The number of likely N-dealkylation sites (N-methyl/N-ethyl adjacent to an activating group) is 1. The van der Waals surface area contributed by atoms with E-state index in [1.165, 1.54) is 12.3 Å². The van der Waals surface area contributed by atoms with E-state index in [9.17, 15) is 8.78 Å². The number of anilines is 1. The molecule has 2 aromatic rings. The third kappa shape index (κ3) is 3.67. The largest absolute Gasteiger partial charge is 0.351 e. The highest BCUT2D eigenvalue weighted by molar-refractivity contribution is 5.68. The van der Waals surface area contributed by atoms with Gasteiger partial charge in [0.25, 0.3) is 6.43 Å². The molecular weight excluding hydrogens is 374 g/mol. The normalized spacial score (nSPS) is 19.9. The second kappa shape index (κ2) is 7.99. The molecule has 0 saturated carbocycles. The standard InChI is InChI=1S/C21H24F2N6/c1-13-16-6-4-8-29(15-5-3-7-28(2)12-15)21(16)27-26-18(13)19-17(20(22)23)9-14(10-24)11-25-19/h9,11,15,20H,3-8,12H2,1-2H3/t15-/m1/s1. The summed E-state index contributed by atoms with van der Waals surface area (Å²) >= 11 is 0. The van der Waals surface area contributed by atoms with Crippen LogP contribution >= 0.6 is 0 Å². The lowest BCUT2D eigenvalue weighted by Crippen LogP contribution is -2.49. The molecule has 1 atom stereocenters. The van der Waals surface area contributed by atoms with Crippen LogP contribution in [0, 0.1) is 18.3 Å². The van der Waals surface area contributed by atoms with Crippen molar-refractivity contribution in [1.82, 2.24) is 20.1 Å². The summed E-state index contributed by atoms with van der Waals surface area (Å²) in [6.45, 7) is 4.96. The minimum atomic E-state index is -2.74. The smallest absolute Gasteiger partial charge is 0.266 e. The molecule has 0 unspecified atom stereocenters. The molecule has 2 aliphatic heterocycles. The van der Waals surface area contributed by atoms with Gasteiger partial charge in [0.05, 0.1) is 11.3 Å². The molecule has 4 rings (SSSR count). The third-order valence-corrected chi connectivity index (χ3v) is 5.97. The Morgan fingerprint density at radius 3 is 2.76 bits per heavy atom. The summed E-state index contributed by atoms with van der Waals surface area (Å²) in [5.74, 6) is 0.880. The number of hydrogen-bond donors (Lipinski definition) is 0. The van der Waals surface area contributed by atoms with Gasteiger partial charge in [0.2, 0.25) is 0 Å². The van der Waals surface area contributed by atoms with E-state index >= 15 is 0 Å². The van der Waals surface area contributed by atoms with Crippen LogP contribution in [0.5, 0.6) is 0 Å². The van der Waals surface area contributed by atoms with Crippen molar-refractivity contribution in [2.45, 2.75) is 45.1 Å². The van der Waals surface area contributed by atoms with E-state index in [-0.39, 0.29) is 16.8 Å². The summed E-state index contributed by atoms with van der Waals surface area (Å²) < 4.78 is 27.3. The van der Waals surface area contributed by atoms with Gasteiger partial charge in [0, 0.05) is 36.5 Å². The van der Waals surface area contributed by atoms with Gasteiger partial charge in [-0.1, -0.05) is 0 Å². The topological polar surface area (TPSA) is 68.9 Å². The van der Waals surface area contributed by atoms with E-state index in [0.717, 1.165) is 62.3 Å². The first kappa shape index (κ1) is 19.6. The SMILES string of the molecule is Cc1c(-c2ncc(C#N)cc2C(F)F)nnc2c1CCCN2[C@@H]1CCCN(C)C1. The number of aromatic nitrogens is 3. The Balaban J connectivity index is 1.75. The first-order valence-corrected chi connectivity index (χ1v) is 9.99. The Hall–Kier alpha value is -2.66. The molecule has 8 heteroatoms. The number of piperidine rings is 1. The second-order valence-electron chi connectivity index (χ2n) is 7.91. The summed E-state index contributed by atoms with van der Waals surface area (Å²) in [5.41, 5.74) is 2.25. The summed E-state index contributed by atoms with van der Waals surface area (Å²) in [4.78, 5) is 8.83. The molecule has 1 fully saturated rings. The summed E-state index contributed by atoms with van der Waals surface area (Å²) in [6, 6.07) is 3.46. The number of fused-ring (bicyclic) bond motifs is 1. The van der Waals surface area contributed by atoms with Crippen LogP contribution in [-0.2, 0) is 6.42 Å². The zero-order chi connectivity index (χ0) is 20.5. The van der Waals surface area contributed by atoms with E-state index in [1.54, 1.807) is 0 Å². The van der Waals surface area contributed by atoms with Crippen molar-refractivity contribution in [1.29, 1.82) is 5.26 Å². The van der Waals surface area contributed by atoms with E-state index in [1.807, 2.05) is 13.0 Å². The maximum absolute atomic E-state index is 13.6. The van der Waals surface area contributed by atoms with Gasteiger partial charge in [-0.2, -0.15) is 5.26 Å². The monoisotopic (exact) mass is 398 g/mol. The summed E-state index contributed by atoms with van der Waals surface area (Å²) in [6.07, 6.45) is 2.71. The van der Waals surface area contributed by atoms with Gasteiger partial charge in [0.1, 0.15) is 11.8 Å². The molecule has 0 spiro atoms. The number of likely N-dealkylation sites (tertiary alicyclic amines) is 1. The molecule has 0 N–H and O–H groups in total. The Labute approximate surface area is 169 Å². The Kier molecular flexibility index (Phi) is 5.41. The maximum Gasteiger partial charge on any atom is 0.266 e. The number of halogens is 2. The minimum Gasteiger partial charge on any atom is -0.351 e. The third-order valence-electron chi connectivity index (χ3n) is 5.97. The lowest BCUT2D eigenvalue weighted by Gasteiger charge is -2.41. The van der Waals surface area contributed by atoms with Gasteiger partial charge in [-0.3, -0.25) is 4.98 Å². The minimum absolute atomic E-state index is 0.111. The number of nitriles is 1. The first-order chi connectivity index (χ1) is 14.0. The van der Waals surface area contributed by atoms with Crippen molar-refractivity contribution >= 4 is 5.82 Å². The van der Waals surface area contributed by atoms with Crippen molar-refractivity contribution in [2.75, 3.05) is 31.6 Å². The van der Waals surface area contributed by atoms with Gasteiger partial charge in [-0.15, -0.1) is 10.2 Å². The highest BCUT2D eigenvalue weighted by atomic mass is 19.3. The maximum atomic E-state index is 13.6. The van der Waals surface area contributed by atoms with E-state index in [0.29, 0.717) is 11.7 Å². The zero-order valence-corrected chi connectivity index (χ0v) is 16.7. The number of nitrogens with zero attached hydrogens (tertiary/aromatic N) is 6. The van der Waals surface area contributed by atoms with Gasteiger partial charge < -0.3 is 9.80 Å². The summed E-state index contributed by atoms with van der Waals surface area (Å²) in [7, 11) is 2.14. The Morgan fingerprint density at radius 1 is 1.21 bits per heavy atom. The molecule has 4 heterocycles. The molecule has 0 aliphatic carbocycles. The summed E-state index contributed by atoms with van der Waals surface area (Å²) in [5, 5.41) is 17.8. The second-order valence-corrected chi connectivity index (χ2v) is 7.91. The van der Waals surface area contributed by atoms with E-state index in [2.05, 4.69) is 32.0 Å². The van der Waals surface area contributed by atoms with Gasteiger partial charge >= 0.3 is 0 Å². The molecule has 2 aromatic heterocycles. The number of pyridine rings is 1. The Morgan fingerprint density at radius 2 is 2.03 bits per heavy atom. The van der Waals surface area contributed by atoms with Gasteiger partial charge in [-0.25, -0.2) is 8.78 Å². The van der Waals surface area contributed by atoms with Crippen LogP contribution in [0.3, 0.4) is 0 Å². The van der Waals surface area contributed by atoms with Crippen molar-refractivity contribution in [3.8, 4) is 17.5 Å². The average Bonchev–Trinajstić information content (AvgIpc) is 2.73. The van der Waals surface area contributed by atoms with Crippen LogP contribution in [0.15, 0.2) is 12.3 Å². The Bertz CT molecular complexity index is 955. The molecule has 152 valence electrons. The van der Waals surface area contributed by atoms with Crippen LogP contribution in [0.1, 0.15) is 47.9 Å². The molecule has 0 radical (unpaired) electrons. The molecular formula is C21H24F2N6. The molecule has 6 nitrogen and oxygen atoms in total. The number of rotatable bonds is 3. The van der Waals surface area contributed by atoms with Crippen LogP contribution in [0.25, 0.3) is 11.4 Å². The van der Waals surface area contributed by atoms with Crippen LogP contribution in [0.2, 0.25) is 0 Å². The highest BCUT2D eigenvalue weighted by Gasteiger charge is 2.31. The molecule has 0 bridgehead atoms. The van der Waals surface area contributed by atoms with Crippen molar-refractivity contribution in [3.05, 3.63) is 34.5 Å². The molecule has 1 saturated heterocycles. The van der Waals surface area contributed by atoms with Crippen LogP contribution in [-0.4, -0.2) is 52.8 Å². The van der Waals surface area contributed by atoms with Gasteiger partial charge in [0.15, 0.2) is 5.82 Å². The fourth-order valence-electron chi connectivity index (χ4n) is 4.49. The predicted octanol–water partition coefficient (Wildman–Crippen LogP) is 3.50. The van der Waals surface area contributed by atoms with Crippen molar-refractivity contribution < 1.29 is 8.78 Å². The van der Waals surface area contributed by atoms with E-state index < -0.39 is 6.43 Å². The van der Waals surface area contributed by atoms with Crippen LogP contribution < -0.4 is 4.90 Å². The first-order valence-electron chi connectivity index (χ1n) is 9.99. The molecule has 0 amide bonds. The van der Waals surface area contributed by atoms with Crippen molar-refractivity contribution in [2.24, 2.45) is 0 Å². The molecule has 0 aromatic carbocycles. The quantitative estimate of drug-likeness (QED) is 0.788. The average molecular weight is 398 g/mol. The molecule has 29 heavy (non-hydrogen) atoms. The van der Waals surface area contributed by atoms with E-state index in [4.69, 9.17) is 5.26 Å². The zero-order valence-electron chi connectivity index (χ0n) is 16.7. The van der Waals surface area contributed by atoms with Crippen molar-refractivity contribution in [3.63, 3.8) is 0 Å². The lowest BCUT2D eigenvalue weighted by atomic mass is 9.95. The number of alkyl halides is 2. The van der Waals surface area contributed by atoms with Crippen LogP contribution in [0.4, 0.5) is 14.6 Å². The lowest BCUT2D eigenvalue weighted by molar-refractivity contribution is 0.151. The van der Waals surface area contributed by atoms with Gasteiger partial charge in [-0.05, 0) is 57.8 Å². The fraction of sp³-hybridized carbons (Fsp3) is 0.524. The fourth-order valence-corrected chi connectivity index (χ4v) is 4.49. The predicted molar refractivity (Wildman–Crippen MR) is 106 cm³/mol. The molecule has 2 aliphatic rings. The number of hydrogen-bond acceptors (Lipinski definition) is 6.